The minimum Gasteiger partial charge on any atom is -0.461 e. The Bertz CT molecular complexity index is 216. The van der Waals surface area contributed by atoms with Gasteiger partial charge >= 0.3 is 0 Å². The molecule has 0 N–H and O–H groups in total. The van der Waals surface area contributed by atoms with Crippen molar-refractivity contribution in [2.45, 2.75) is 4.84 Å². The molecule has 10 heavy (non-hydrogen) atoms. The first kappa shape index (κ1) is 7.63. The smallest absolute Gasteiger partial charge is 0.230 e. The van der Waals surface area contributed by atoms with Gasteiger partial charge in [-0.3, -0.25) is 4.79 Å². The lowest BCUT2D eigenvalue weighted by atomic mass is 10.3. The highest BCUT2D eigenvalue weighted by atomic mass is 35.5. The predicted octanol–water partition coefficient (Wildman–Crippen LogP) is 2.27. The van der Waals surface area contributed by atoms with Crippen LogP contribution in [0.15, 0.2) is 22.8 Å². The summed E-state index contributed by atoms with van der Waals surface area (Å²) in [6.45, 7) is 0. The number of hydrogen-bond acceptors (Lipinski definition) is 2. The Morgan fingerprint density at radius 1 is 1.60 bits per heavy atom. The maximum absolute atomic E-state index is 10.8. The van der Waals surface area contributed by atoms with Crippen molar-refractivity contribution in [3.05, 3.63) is 24.2 Å². The largest absolute Gasteiger partial charge is 0.461 e. The number of rotatable bonds is 2. The molecule has 1 heterocycles. The van der Waals surface area contributed by atoms with Gasteiger partial charge in [-0.2, -0.15) is 0 Å². The Kier molecular flexibility index (Phi) is 2.35. The summed E-state index contributed by atoms with van der Waals surface area (Å²) in [6, 6.07) is 3.11. The summed E-state index contributed by atoms with van der Waals surface area (Å²) in [5.74, 6) is -0.219. The van der Waals surface area contributed by atoms with E-state index in [1.54, 1.807) is 6.07 Å². The van der Waals surface area contributed by atoms with Crippen molar-refractivity contribution in [1.29, 1.82) is 0 Å². The van der Waals surface area contributed by atoms with Crippen LogP contribution in [0, 0.1) is 0 Å². The zero-order valence-electron chi connectivity index (χ0n) is 4.88. The van der Waals surface area contributed by atoms with Crippen LogP contribution in [0.4, 0.5) is 0 Å². The quantitative estimate of drug-likeness (QED) is 0.514. The molecular weight excluding hydrogens is 175 g/mol. The van der Waals surface area contributed by atoms with Crippen molar-refractivity contribution >= 4 is 29.0 Å². The fourth-order valence-corrected chi connectivity index (χ4v) is 0.741. The van der Waals surface area contributed by atoms with Crippen LogP contribution < -0.4 is 0 Å². The summed E-state index contributed by atoms with van der Waals surface area (Å²) in [4.78, 5) is 9.81. The highest BCUT2D eigenvalue weighted by molar-refractivity contribution is 6.55. The molecule has 0 saturated heterocycles. The second-order valence-corrected chi connectivity index (χ2v) is 2.74. The number of furan rings is 1. The van der Waals surface area contributed by atoms with E-state index >= 15 is 0 Å². The number of hydrogen-bond donors (Lipinski definition) is 0. The molecule has 0 atom stereocenters. The first-order valence-corrected chi connectivity index (χ1v) is 3.45. The van der Waals surface area contributed by atoms with E-state index in [1.165, 1.54) is 12.3 Å². The Morgan fingerprint density at radius 3 is 2.70 bits per heavy atom. The number of ketones is 1. The van der Waals surface area contributed by atoms with Crippen molar-refractivity contribution in [2.75, 3.05) is 0 Å². The average molecular weight is 179 g/mol. The Hall–Kier alpha value is -0.470. The number of carbonyl (C=O) groups excluding carboxylic acids is 1. The first-order valence-electron chi connectivity index (χ1n) is 2.57. The third kappa shape index (κ3) is 1.52. The van der Waals surface area contributed by atoms with E-state index in [0.717, 1.165) is 0 Å². The van der Waals surface area contributed by atoms with E-state index in [1.807, 2.05) is 0 Å². The highest BCUT2D eigenvalue weighted by Crippen LogP contribution is 2.11. The van der Waals surface area contributed by atoms with Gasteiger partial charge in [-0.25, -0.2) is 0 Å². The van der Waals surface area contributed by atoms with Gasteiger partial charge in [0.15, 0.2) is 10.6 Å². The van der Waals surface area contributed by atoms with Crippen LogP contribution in [0.25, 0.3) is 0 Å². The molecule has 1 rings (SSSR count). The fourth-order valence-electron chi connectivity index (χ4n) is 0.526. The Balaban J connectivity index is 2.78. The molecule has 0 radical (unpaired) electrons. The molecule has 1 aromatic heterocycles. The Morgan fingerprint density at radius 2 is 2.30 bits per heavy atom. The molecule has 0 saturated carbocycles. The minimum absolute atomic E-state index is 0.190. The third-order valence-corrected chi connectivity index (χ3v) is 1.36. The van der Waals surface area contributed by atoms with E-state index in [4.69, 9.17) is 27.6 Å². The normalized spacial score (nSPS) is 10.3. The van der Waals surface area contributed by atoms with Gasteiger partial charge in [0.1, 0.15) is 0 Å². The molecular formula is C6H4Cl2O2. The monoisotopic (exact) mass is 178 g/mol. The van der Waals surface area contributed by atoms with E-state index in [-0.39, 0.29) is 5.76 Å². The van der Waals surface area contributed by atoms with Crippen LogP contribution in [0.3, 0.4) is 0 Å². The highest BCUT2D eigenvalue weighted by Gasteiger charge is 2.15. The first-order chi connectivity index (χ1) is 4.72. The predicted molar refractivity (Wildman–Crippen MR) is 38.5 cm³/mol. The summed E-state index contributed by atoms with van der Waals surface area (Å²) in [5.41, 5.74) is 0. The van der Waals surface area contributed by atoms with Crippen LogP contribution in [0.2, 0.25) is 0 Å². The zero-order chi connectivity index (χ0) is 7.56. The molecule has 2 nitrogen and oxygen atoms in total. The molecule has 0 bridgehead atoms. The maximum Gasteiger partial charge on any atom is 0.230 e. The summed E-state index contributed by atoms with van der Waals surface area (Å²) in [7, 11) is 0. The van der Waals surface area contributed by atoms with Crippen LogP contribution in [0.1, 0.15) is 10.6 Å². The van der Waals surface area contributed by atoms with Gasteiger partial charge in [0.05, 0.1) is 6.26 Å². The van der Waals surface area contributed by atoms with Gasteiger partial charge in [-0.05, 0) is 12.1 Å². The van der Waals surface area contributed by atoms with Crippen LogP contribution >= 0.6 is 23.2 Å². The SMILES string of the molecule is O=C(c1ccco1)C(Cl)Cl. The molecule has 0 aliphatic carbocycles. The fraction of sp³-hybridized carbons (Fsp3) is 0.167. The van der Waals surface area contributed by atoms with Gasteiger partial charge in [-0.15, -0.1) is 0 Å². The molecule has 0 fully saturated rings. The van der Waals surface area contributed by atoms with Crippen molar-refractivity contribution in [2.24, 2.45) is 0 Å². The molecule has 4 heteroatoms. The molecule has 0 amide bonds. The molecule has 54 valence electrons. The summed E-state index contributed by atoms with van der Waals surface area (Å²) < 4.78 is 4.74. The summed E-state index contributed by atoms with van der Waals surface area (Å²) in [6.07, 6.45) is 1.39. The van der Waals surface area contributed by atoms with Gasteiger partial charge < -0.3 is 4.42 Å². The summed E-state index contributed by atoms with van der Waals surface area (Å²) >= 11 is 10.6. The van der Waals surface area contributed by atoms with Gasteiger partial charge in [0, 0.05) is 0 Å². The zero-order valence-corrected chi connectivity index (χ0v) is 6.39. The average Bonchev–Trinajstić information content (AvgIpc) is 2.36. The van der Waals surface area contributed by atoms with Gasteiger partial charge in [0.2, 0.25) is 5.78 Å². The molecule has 0 aromatic carbocycles. The van der Waals surface area contributed by atoms with Crippen molar-refractivity contribution < 1.29 is 9.21 Å². The molecule has 0 unspecified atom stereocenters. The Labute approximate surface area is 67.7 Å². The lowest BCUT2D eigenvalue weighted by Gasteiger charge is -1.93. The number of Topliss-reactive ketones (excluding diaryl/α,β-unsaturated/α-hetero) is 1. The molecule has 0 spiro atoms. The number of alkyl halides is 2. The van der Waals surface area contributed by atoms with Crippen LogP contribution in [-0.2, 0) is 0 Å². The van der Waals surface area contributed by atoms with Crippen LogP contribution in [-0.4, -0.2) is 10.6 Å². The van der Waals surface area contributed by atoms with Crippen molar-refractivity contribution in [1.82, 2.24) is 0 Å². The molecule has 0 aliphatic rings. The lowest BCUT2D eigenvalue weighted by Crippen LogP contribution is -2.06. The van der Waals surface area contributed by atoms with Crippen molar-refractivity contribution in [3.8, 4) is 0 Å². The standard InChI is InChI=1S/C6H4Cl2O2/c7-6(8)5(9)4-2-1-3-10-4/h1-3,6H. The minimum atomic E-state index is -1.04. The van der Waals surface area contributed by atoms with Gasteiger partial charge in [-0.1, -0.05) is 23.2 Å². The second-order valence-electron chi connectivity index (χ2n) is 1.64. The molecule has 0 aliphatic heterocycles. The van der Waals surface area contributed by atoms with Crippen molar-refractivity contribution in [3.63, 3.8) is 0 Å². The maximum atomic E-state index is 10.8. The molecule has 1 aromatic rings. The number of carbonyl (C=O) groups is 1. The van der Waals surface area contributed by atoms with E-state index in [2.05, 4.69) is 0 Å². The van der Waals surface area contributed by atoms with E-state index in [0.29, 0.717) is 0 Å². The van der Waals surface area contributed by atoms with Gasteiger partial charge in [0.25, 0.3) is 0 Å². The summed E-state index contributed by atoms with van der Waals surface area (Å²) in [5, 5.41) is 0. The third-order valence-electron chi connectivity index (χ3n) is 0.962. The topological polar surface area (TPSA) is 30.2 Å². The van der Waals surface area contributed by atoms with E-state index in [9.17, 15) is 4.79 Å². The number of halogens is 2. The second kappa shape index (κ2) is 3.08. The van der Waals surface area contributed by atoms with E-state index < -0.39 is 10.6 Å². The lowest BCUT2D eigenvalue weighted by molar-refractivity contribution is 0.0980. The van der Waals surface area contributed by atoms with Crippen LogP contribution in [0.5, 0.6) is 0 Å².